The summed E-state index contributed by atoms with van der Waals surface area (Å²) in [4.78, 5) is 0. The third-order valence-electron chi connectivity index (χ3n) is 3.68. The Labute approximate surface area is 98.0 Å². The van der Waals surface area contributed by atoms with Crippen LogP contribution in [-0.2, 0) is 6.54 Å². The lowest BCUT2D eigenvalue weighted by Crippen LogP contribution is -2.26. The van der Waals surface area contributed by atoms with Gasteiger partial charge in [-0.25, -0.2) is 0 Å². The lowest BCUT2D eigenvalue weighted by molar-refractivity contribution is 0.297. The lowest BCUT2D eigenvalue weighted by atomic mass is 9.83. The number of hydrogen-bond acceptors (Lipinski definition) is 2. The highest BCUT2D eigenvalue weighted by Gasteiger charge is 2.23. The molecule has 2 N–H and O–H groups in total. The highest BCUT2D eigenvalue weighted by atomic mass is 15.3. The first kappa shape index (κ1) is 11.6. The van der Waals surface area contributed by atoms with Gasteiger partial charge in [-0.3, -0.25) is 4.68 Å². The molecule has 2 rings (SSSR count). The van der Waals surface area contributed by atoms with Crippen molar-refractivity contribution >= 4 is 0 Å². The Morgan fingerprint density at radius 3 is 2.88 bits per heavy atom. The third-order valence-corrected chi connectivity index (χ3v) is 3.68. The molecule has 1 unspecified atom stereocenters. The van der Waals surface area contributed by atoms with Gasteiger partial charge in [0.05, 0.1) is 5.69 Å². The summed E-state index contributed by atoms with van der Waals surface area (Å²) in [7, 11) is 0. The van der Waals surface area contributed by atoms with Gasteiger partial charge in [0.25, 0.3) is 0 Å². The van der Waals surface area contributed by atoms with Gasteiger partial charge in [-0.1, -0.05) is 26.2 Å². The summed E-state index contributed by atoms with van der Waals surface area (Å²) in [6.45, 7) is 3.17. The van der Waals surface area contributed by atoms with E-state index in [0.29, 0.717) is 5.92 Å². The first-order valence-corrected chi connectivity index (χ1v) is 6.60. The molecule has 0 radical (unpaired) electrons. The zero-order chi connectivity index (χ0) is 11.4. The van der Waals surface area contributed by atoms with Crippen molar-refractivity contribution in [2.45, 2.75) is 58.0 Å². The molecule has 1 heterocycles. The standard InChI is InChI=1S/C13H23N3/c1-2-10-16-12(8-9-15-16)13(14)11-6-4-3-5-7-11/h8-9,11,13H,2-7,10,14H2,1H3. The molecular weight excluding hydrogens is 198 g/mol. The topological polar surface area (TPSA) is 43.8 Å². The summed E-state index contributed by atoms with van der Waals surface area (Å²) in [5.74, 6) is 0.668. The van der Waals surface area contributed by atoms with E-state index in [4.69, 9.17) is 5.73 Å². The summed E-state index contributed by atoms with van der Waals surface area (Å²) in [6, 6.07) is 2.28. The Kier molecular flexibility index (Phi) is 3.99. The van der Waals surface area contributed by atoms with Gasteiger partial charge >= 0.3 is 0 Å². The van der Waals surface area contributed by atoms with Crippen molar-refractivity contribution in [3.8, 4) is 0 Å². The largest absolute Gasteiger partial charge is 0.322 e. The molecule has 3 nitrogen and oxygen atoms in total. The average Bonchev–Trinajstić information content (AvgIpc) is 2.78. The maximum atomic E-state index is 6.38. The van der Waals surface area contributed by atoms with E-state index in [9.17, 15) is 0 Å². The Hall–Kier alpha value is -0.830. The van der Waals surface area contributed by atoms with Crippen LogP contribution in [0.2, 0.25) is 0 Å². The van der Waals surface area contributed by atoms with Crippen LogP contribution in [-0.4, -0.2) is 9.78 Å². The summed E-state index contributed by atoms with van der Waals surface area (Å²) in [5.41, 5.74) is 7.61. The van der Waals surface area contributed by atoms with Crippen LogP contribution in [0, 0.1) is 5.92 Å². The smallest absolute Gasteiger partial charge is 0.0554 e. The van der Waals surface area contributed by atoms with E-state index in [1.54, 1.807) is 0 Å². The molecule has 1 saturated carbocycles. The van der Waals surface area contributed by atoms with Crippen LogP contribution in [0.3, 0.4) is 0 Å². The number of aryl methyl sites for hydroxylation is 1. The fourth-order valence-corrected chi connectivity index (χ4v) is 2.76. The van der Waals surface area contributed by atoms with Gasteiger partial charge < -0.3 is 5.73 Å². The predicted octanol–water partition coefficient (Wildman–Crippen LogP) is 2.87. The van der Waals surface area contributed by atoms with Crippen molar-refractivity contribution in [3.05, 3.63) is 18.0 Å². The highest BCUT2D eigenvalue weighted by Crippen LogP contribution is 2.32. The van der Waals surface area contributed by atoms with Gasteiger partial charge in [0, 0.05) is 18.8 Å². The minimum Gasteiger partial charge on any atom is -0.322 e. The van der Waals surface area contributed by atoms with Crippen LogP contribution in [0.1, 0.15) is 57.2 Å². The number of nitrogens with zero attached hydrogens (tertiary/aromatic N) is 2. The molecule has 0 bridgehead atoms. The molecule has 1 atom stereocenters. The summed E-state index contributed by atoms with van der Waals surface area (Å²) in [6.07, 6.45) is 9.66. The van der Waals surface area contributed by atoms with Gasteiger partial charge in [0.1, 0.15) is 0 Å². The molecule has 0 saturated heterocycles. The normalized spacial score (nSPS) is 19.9. The summed E-state index contributed by atoms with van der Waals surface area (Å²) >= 11 is 0. The minimum absolute atomic E-state index is 0.189. The van der Waals surface area contributed by atoms with Crippen molar-refractivity contribution in [3.63, 3.8) is 0 Å². The number of rotatable bonds is 4. The molecule has 0 aromatic carbocycles. The number of aromatic nitrogens is 2. The van der Waals surface area contributed by atoms with E-state index >= 15 is 0 Å². The van der Waals surface area contributed by atoms with Gasteiger partial charge in [-0.2, -0.15) is 5.10 Å². The summed E-state index contributed by atoms with van der Waals surface area (Å²) < 4.78 is 2.08. The van der Waals surface area contributed by atoms with Gasteiger partial charge in [-0.15, -0.1) is 0 Å². The molecule has 1 aliphatic carbocycles. The lowest BCUT2D eigenvalue weighted by Gasteiger charge is -2.27. The molecule has 1 aromatic heterocycles. The Morgan fingerprint density at radius 1 is 1.44 bits per heavy atom. The Morgan fingerprint density at radius 2 is 2.19 bits per heavy atom. The fraction of sp³-hybridized carbons (Fsp3) is 0.769. The van der Waals surface area contributed by atoms with E-state index in [0.717, 1.165) is 13.0 Å². The molecule has 0 amide bonds. The molecule has 16 heavy (non-hydrogen) atoms. The maximum Gasteiger partial charge on any atom is 0.0554 e. The molecule has 3 heteroatoms. The van der Waals surface area contributed by atoms with Crippen LogP contribution in [0.25, 0.3) is 0 Å². The minimum atomic E-state index is 0.189. The van der Waals surface area contributed by atoms with Gasteiger partial charge in [0.15, 0.2) is 0 Å². The first-order valence-electron chi connectivity index (χ1n) is 6.60. The van der Waals surface area contributed by atoms with Crippen molar-refractivity contribution in [1.82, 2.24) is 9.78 Å². The SMILES string of the molecule is CCCn1nccc1C(N)C1CCCCC1. The second-order valence-electron chi connectivity index (χ2n) is 4.90. The van der Waals surface area contributed by atoms with Crippen LogP contribution in [0.5, 0.6) is 0 Å². The molecule has 0 spiro atoms. The van der Waals surface area contributed by atoms with E-state index in [1.165, 1.54) is 37.8 Å². The third kappa shape index (κ3) is 2.46. The van der Waals surface area contributed by atoms with Crippen LogP contribution >= 0.6 is 0 Å². The van der Waals surface area contributed by atoms with Crippen molar-refractivity contribution in [1.29, 1.82) is 0 Å². The first-order chi connectivity index (χ1) is 7.83. The number of nitrogens with two attached hydrogens (primary N) is 1. The fourth-order valence-electron chi connectivity index (χ4n) is 2.76. The Balaban J connectivity index is 2.06. The molecule has 0 aliphatic heterocycles. The van der Waals surface area contributed by atoms with Crippen LogP contribution in [0.15, 0.2) is 12.3 Å². The van der Waals surface area contributed by atoms with Crippen molar-refractivity contribution in [2.24, 2.45) is 11.7 Å². The van der Waals surface area contributed by atoms with Crippen molar-refractivity contribution < 1.29 is 0 Å². The zero-order valence-electron chi connectivity index (χ0n) is 10.2. The van der Waals surface area contributed by atoms with E-state index < -0.39 is 0 Å². The van der Waals surface area contributed by atoms with Crippen LogP contribution in [0.4, 0.5) is 0 Å². The second kappa shape index (κ2) is 5.48. The van der Waals surface area contributed by atoms with Crippen molar-refractivity contribution in [2.75, 3.05) is 0 Å². The summed E-state index contributed by atoms with van der Waals surface area (Å²) in [5, 5.41) is 4.36. The predicted molar refractivity (Wildman–Crippen MR) is 66.0 cm³/mol. The zero-order valence-corrected chi connectivity index (χ0v) is 10.2. The highest BCUT2D eigenvalue weighted by molar-refractivity contribution is 5.08. The second-order valence-corrected chi connectivity index (χ2v) is 4.90. The monoisotopic (exact) mass is 221 g/mol. The quantitative estimate of drug-likeness (QED) is 0.849. The van der Waals surface area contributed by atoms with E-state index in [-0.39, 0.29) is 6.04 Å². The van der Waals surface area contributed by atoms with E-state index in [2.05, 4.69) is 22.8 Å². The van der Waals surface area contributed by atoms with E-state index in [1.807, 2.05) is 6.20 Å². The maximum absolute atomic E-state index is 6.38. The molecule has 90 valence electrons. The Bertz CT molecular complexity index is 313. The molecule has 1 aliphatic rings. The average molecular weight is 221 g/mol. The van der Waals surface area contributed by atoms with Gasteiger partial charge in [-0.05, 0) is 31.2 Å². The van der Waals surface area contributed by atoms with Gasteiger partial charge in [0.2, 0.25) is 0 Å². The molecule has 1 fully saturated rings. The number of hydrogen-bond donors (Lipinski definition) is 1. The molecule has 1 aromatic rings. The van der Waals surface area contributed by atoms with Crippen LogP contribution < -0.4 is 5.73 Å². The molecular formula is C13H23N3.